The van der Waals surface area contributed by atoms with Crippen LogP contribution in [0.1, 0.15) is 15.9 Å². The monoisotopic (exact) mass is 760 g/mol. The second-order valence-corrected chi connectivity index (χ2v) is 12.8. The molecule has 0 spiro atoms. The largest absolute Gasteiger partial charge is 0.480 e. The Balaban J connectivity index is 1.16. The molecule has 0 saturated heterocycles. The Morgan fingerprint density at radius 2 is 1.51 bits per heavy atom. The van der Waals surface area contributed by atoms with Gasteiger partial charge in [0.2, 0.25) is 5.91 Å². The summed E-state index contributed by atoms with van der Waals surface area (Å²) in [5.41, 5.74) is 1.84. The Morgan fingerprint density at radius 1 is 0.849 bits per heavy atom. The van der Waals surface area contributed by atoms with Gasteiger partial charge in [-0.3, -0.25) is 14.6 Å². The van der Waals surface area contributed by atoms with Crippen LogP contribution in [0.15, 0.2) is 126 Å². The Bertz CT molecular complexity index is 2150. The zero-order valence-electron chi connectivity index (χ0n) is 27.4. The summed E-state index contributed by atoms with van der Waals surface area (Å²) in [6, 6.07) is 29.3. The number of alkyl halides is 3. The number of aliphatic carboxylic acids is 1. The van der Waals surface area contributed by atoms with Crippen LogP contribution in [-0.4, -0.2) is 47.4 Å². The lowest BCUT2D eigenvalue weighted by atomic mass is 9.99. The maximum atomic E-state index is 14.3. The summed E-state index contributed by atoms with van der Waals surface area (Å²) in [4.78, 5) is 39.2. The summed E-state index contributed by atoms with van der Waals surface area (Å²) in [5, 5.41) is 19.8. The van der Waals surface area contributed by atoms with Crippen molar-refractivity contribution in [1.29, 1.82) is 0 Å². The van der Waals surface area contributed by atoms with Crippen LogP contribution in [0.25, 0.3) is 11.1 Å². The zero-order valence-corrected chi connectivity index (χ0v) is 28.9. The third kappa shape index (κ3) is 8.79. The SMILES string of the molecule is O=C(N[C@@H](Cc1ccc(-c2ccccc2Oc2ccccc2)cc1)C(=O)O)c1cc(Cl)ccc1NC(=O)C1C=NN(c2ccc(Cl)cc2)C1C(F)(F)F. The number of hydrogen-bond donors (Lipinski definition) is 3. The number of rotatable bonds is 11. The fraction of sp³-hybridized carbons (Fsp3) is 0.128. The molecular weight excluding hydrogens is 732 g/mol. The minimum Gasteiger partial charge on any atom is -0.480 e. The lowest BCUT2D eigenvalue weighted by Gasteiger charge is -2.29. The number of carboxylic acids is 1. The van der Waals surface area contributed by atoms with Gasteiger partial charge in [-0.1, -0.05) is 83.9 Å². The van der Waals surface area contributed by atoms with Gasteiger partial charge in [-0.2, -0.15) is 18.3 Å². The first kappa shape index (κ1) is 36.9. The normalized spacial score (nSPS) is 15.8. The van der Waals surface area contributed by atoms with Crippen LogP contribution in [0.4, 0.5) is 24.5 Å². The van der Waals surface area contributed by atoms with Crippen molar-refractivity contribution in [1.82, 2.24) is 5.32 Å². The van der Waals surface area contributed by atoms with Crippen molar-refractivity contribution < 1.29 is 37.4 Å². The first-order chi connectivity index (χ1) is 25.4. The number of halogens is 5. The number of hydrazone groups is 1. The molecule has 9 nitrogen and oxygen atoms in total. The number of amides is 2. The number of carbonyl (C=O) groups excluding carboxylic acids is 2. The van der Waals surface area contributed by atoms with E-state index in [4.69, 9.17) is 27.9 Å². The number of nitrogens with one attached hydrogen (secondary N) is 2. The molecule has 1 aliphatic rings. The molecule has 3 atom stereocenters. The van der Waals surface area contributed by atoms with Crippen LogP contribution in [0.3, 0.4) is 0 Å². The number of hydrogen-bond acceptors (Lipinski definition) is 6. The summed E-state index contributed by atoms with van der Waals surface area (Å²) in [6.45, 7) is 0. The molecule has 5 aromatic rings. The molecule has 3 N–H and O–H groups in total. The highest BCUT2D eigenvalue weighted by Gasteiger charge is 2.54. The van der Waals surface area contributed by atoms with E-state index < -0.39 is 42.0 Å². The van der Waals surface area contributed by atoms with Crippen molar-refractivity contribution >= 4 is 58.6 Å². The van der Waals surface area contributed by atoms with Crippen molar-refractivity contribution in [3.05, 3.63) is 142 Å². The van der Waals surface area contributed by atoms with Gasteiger partial charge in [0, 0.05) is 28.2 Å². The average Bonchev–Trinajstić information content (AvgIpc) is 3.60. The molecular formula is C39H29Cl2F3N4O5. The third-order valence-electron chi connectivity index (χ3n) is 8.33. The predicted octanol–water partition coefficient (Wildman–Crippen LogP) is 8.87. The minimum absolute atomic E-state index is 0.0612. The van der Waals surface area contributed by atoms with Gasteiger partial charge < -0.3 is 20.5 Å². The fourth-order valence-electron chi connectivity index (χ4n) is 5.75. The Labute approximate surface area is 311 Å². The standard InChI is InChI=1S/C39H29Cl2F3N4O5/c40-25-14-17-27(18-15-25)48-35(39(42,43)44)31(22-45-48)37(50)46-32-19-16-26(41)21-30(32)36(49)47-33(38(51)52)20-23-10-12-24(13-11-23)29-8-4-5-9-34(29)53-28-6-2-1-3-7-28/h1-19,21-22,31,33,35H,20H2,(H,46,50)(H,47,49)(H,51,52)/t31?,33-,35?/m0/s1. The third-order valence-corrected chi connectivity index (χ3v) is 8.82. The molecule has 1 heterocycles. The van der Waals surface area contributed by atoms with E-state index in [1.165, 1.54) is 42.5 Å². The maximum Gasteiger partial charge on any atom is 0.412 e. The van der Waals surface area contributed by atoms with E-state index in [0.717, 1.165) is 17.3 Å². The minimum atomic E-state index is -4.88. The second-order valence-electron chi connectivity index (χ2n) is 12.0. The van der Waals surface area contributed by atoms with Crippen LogP contribution in [0.2, 0.25) is 10.0 Å². The number of benzene rings is 5. The van der Waals surface area contributed by atoms with E-state index in [9.17, 15) is 32.7 Å². The lowest BCUT2D eigenvalue weighted by Crippen LogP contribution is -2.48. The number of carboxylic acid groups (broad SMARTS) is 1. The van der Waals surface area contributed by atoms with Gasteiger partial charge in [-0.25, -0.2) is 4.79 Å². The average molecular weight is 762 g/mol. The molecule has 2 amide bonds. The quantitative estimate of drug-likeness (QED) is 0.124. The molecule has 6 rings (SSSR count). The van der Waals surface area contributed by atoms with Crippen molar-refractivity contribution in [2.24, 2.45) is 11.0 Å². The van der Waals surface area contributed by atoms with E-state index >= 15 is 0 Å². The van der Waals surface area contributed by atoms with Gasteiger partial charge in [0.15, 0.2) is 6.04 Å². The van der Waals surface area contributed by atoms with Crippen molar-refractivity contribution in [3.8, 4) is 22.6 Å². The molecule has 53 heavy (non-hydrogen) atoms. The molecule has 0 bridgehead atoms. The first-order valence-corrected chi connectivity index (χ1v) is 16.8. The Hall–Kier alpha value is -5.85. The van der Waals surface area contributed by atoms with Crippen molar-refractivity contribution in [2.75, 3.05) is 10.3 Å². The topological polar surface area (TPSA) is 120 Å². The molecule has 14 heteroatoms. The summed E-state index contributed by atoms with van der Waals surface area (Å²) >= 11 is 12.0. The summed E-state index contributed by atoms with van der Waals surface area (Å²) in [7, 11) is 0. The number of carbonyl (C=O) groups is 3. The highest BCUT2D eigenvalue weighted by Crippen LogP contribution is 2.38. The smallest absolute Gasteiger partial charge is 0.412 e. The van der Waals surface area contributed by atoms with E-state index in [1.54, 1.807) is 12.1 Å². The van der Waals surface area contributed by atoms with Gasteiger partial charge in [0.05, 0.1) is 16.9 Å². The molecule has 2 unspecified atom stereocenters. The van der Waals surface area contributed by atoms with Gasteiger partial charge in [-0.05, 0) is 71.8 Å². The highest BCUT2D eigenvalue weighted by atomic mass is 35.5. The van der Waals surface area contributed by atoms with E-state index in [1.807, 2.05) is 66.7 Å². The van der Waals surface area contributed by atoms with E-state index in [-0.39, 0.29) is 28.4 Å². The molecule has 0 aliphatic carbocycles. The maximum absolute atomic E-state index is 14.3. The second kappa shape index (κ2) is 15.8. The lowest BCUT2D eigenvalue weighted by molar-refractivity contribution is -0.157. The molecule has 0 fully saturated rings. The van der Waals surface area contributed by atoms with Crippen LogP contribution in [0, 0.1) is 5.92 Å². The summed E-state index contributed by atoms with van der Waals surface area (Å²) in [5.74, 6) is -3.88. The van der Waals surface area contributed by atoms with Crippen LogP contribution < -0.4 is 20.4 Å². The van der Waals surface area contributed by atoms with Crippen LogP contribution in [0.5, 0.6) is 11.5 Å². The van der Waals surface area contributed by atoms with Crippen LogP contribution >= 0.6 is 23.2 Å². The number of para-hydroxylation sites is 2. The summed E-state index contributed by atoms with van der Waals surface area (Å²) < 4.78 is 49.0. The van der Waals surface area contributed by atoms with Gasteiger partial charge in [0.25, 0.3) is 5.91 Å². The number of ether oxygens (including phenoxy) is 1. The van der Waals surface area contributed by atoms with Gasteiger partial charge in [-0.15, -0.1) is 0 Å². The highest BCUT2D eigenvalue weighted by molar-refractivity contribution is 6.31. The molecule has 270 valence electrons. The van der Waals surface area contributed by atoms with Crippen molar-refractivity contribution in [2.45, 2.75) is 24.7 Å². The Kier molecular flexibility index (Phi) is 11.0. The van der Waals surface area contributed by atoms with Gasteiger partial charge in [0.1, 0.15) is 23.5 Å². The zero-order chi connectivity index (χ0) is 37.7. The van der Waals surface area contributed by atoms with E-state index in [2.05, 4.69) is 15.7 Å². The van der Waals surface area contributed by atoms with Gasteiger partial charge >= 0.3 is 12.1 Å². The Morgan fingerprint density at radius 3 is 2.19 bits per heavy atom. The van der Waals surface area contributed by atoms with Crippen molar-refractivity contribution in [3.63, 3.8) is 0 Å². The molecule has 0 radical (unpaired) electrons. The summed E-state index contributed by atoms with van der Waals surface area (Å²) in [6.07, 6.45) is -4.12. The fourth-order valence-corrected chi connectivity index (χ4v) is 6.05. The number of anilines is 2. The predicted molar refractivity (Wildman–Crippen MR) is 197 cm³/mol. The molecule has 5 aromatic carbocycles. The molecule has 0 saturated carbocycles. The van der Waals surface area contributed by atoms with Crippen LogP contribution in [-0.2, 0) is 16.0 Å². The molecule has 1 aliphatic heterocycles. The van der Waals surface area contributed by atoms with E-state index in [0.29, 0.717) is 27.1 Å². The molecule has 0 aromatic heterocycles. The number of nitrogens with zero attached hydrogens (tertiary/aromatic N) is 2. The first-order valence-electron chi connectivity index (χ1n) is 16.1.